The molecule has 0 spiro atoms. The van der Waals surface area contributed by atoms with Crippen molar-refractivity contribution >= 4 is 43.7 Å². The van der Waals surface area contributed by atoms with Crippen LogP contribution in [-0.4, -0.2) is 0 Å². The van der Waals surface area contributed by atoms with Crippen LogP contribution in [0.3, 0.4) is 0 Å². The van der Waals surface area contributed by atoms with Gasteiger partial charge in [0.1, 0.15) is 0 Å². The molecule has 20 heavy (non-hydrogen) atoms. The molecule has 2 nitrogen and oxygen atoms in total. The van der Waals surface area contributed by atoms with Crippen molar-refractivity contribution in [1.82, 2.24) is 0 Å². The predicted octanol–water partition coefficient (Wildman–Crippen LogP) is 4.31. The Kier molecular flexibility index (Phi) is 2.15. The first-order chi connectivity index (χ1) is 9.75. The summed E-state index contributed by atoms with van der Waals surface area (Å²) in [5.41, 5.74) is 13.3. The lowest BCUT2D eigenvalue weighted by atomic mass is 9.94. The Hall–Kier alpha value is -2.74. The van der Waals surface area contributed by atoms with Gasteiger partial charge in [-0.05, 0) is 44.5 Å². The highest BCUT2D eigenvalue weighted by atomic mass is 14.7. The second kappa shape index (κ2) is 3.87. The summed E-state index contributed by atoms with van der Waals surface area (Å²) in [5.74, 6) is 0. The van der Waals surface area contributed by atoms with Crippen LogP contribution in [0.1, 0.15) is 0 Å². The Morgan fingerprint density at radius 1 is 0.450 bits per heavy atom. The molecular weight excluding hydrogens is 244 g/mol. The molecule has 0 aromatic heterocycles. The maximum atomic E-state index is 6.00. The second-order valence-electron chi connectivity index (χ2n) is 5.12. The van der Waals surface area contributed by atoms with Gasteiger partial charge in [0.2, 0.25) is 0 Å². The Balaban J connectivity index is 2.42. The summed E-state index contributed by atoms with van der Waals surface area (Å²) in [4.78, 5) is 0. The maximum Gasteiger partial charge on any atom is 0.0554 e. The van der Waals surface area contributed by atoms with Gasteiger partial charge < -0.3 is 11.5 Å². The van der Waals surface area contributed by atoms with Gasteiger partial charge in [-0.1, -0.05) is 48.5 Å². The first-order valence-electron chi connectivity index (χ1n) is 6.64. The Bertz CT molecular complexity index is 891. The fraction of sp³-hybridized carbons (Fsp3) is 0. The van der Waals surface area contributed by atoms with E-state index in [1.54, 1.807) is 0 Å². The van der Waals surface area contributed by atoms with Crippen LogP contribution in [0.4, 0.5) is 11.4 Å². The highest BCUT2D eigenvalue weighted by molar-refractivity contribution is 6.26. The number of nitrogens with two attached hydrogens (primary N) is 2. The summed E-state index contributed by atoms with van der Waals surface area (Å²) >= 11 is 0. The van der Waals surface area contributed by atoms with E-state index < -0.39 is 0 Å². The number of hydrogen-bond acceptors (Lipinski definition) is 2. The maximum absolute atomic E-state index is 6.00. The van der Waals surface area contributed by atoms with Crippen LogP contribution in [0, 0.1) is 0 Å². The molecule has 0 unspecified atom stereocenters. The van der Waals surface area contributed by atoms with Crippen molar-refractivity contribution in [2.45, 2.75) is 0 Å². The van der Waals surface area contributed by atoms with E-state index in [1.807, 2.05) is 12.1 Å². The molecule has 0 fully saturated rings. The normalized spacial score (nSPS) is 11.4. The molecule has 0 aliphatic carbocycles. The number of benzene rings is 4. The van der Waals surface area contributed by atoms with E-state index in [-0.39, 0.29) is 0 Å². The summed E-state index contributed by atoms with van der Waals surface area (Å²) in [6.45, 7) is 0. The van der Waals surface area contributed by atoms with Crippen LogP contribution < -0.4 is 11.5 Å². The third kappa shape index (κ3) is 1.39. The Morgan fingerprint density at radius 3 is 1.10 bits per heavy atom. The molecule has 0 atom stereocenters. The van der Waals surface area contributed by atoms with Crippen molar-refractivity contribution in [1.29, 1.82) is 0 Å². The third-order valence-corrected chi connectivity index (χ3v) is 3.95. The SMILES string of the molecule is Nc1cc2c3ccccc3c3ccccc3c2cc1N. The fourth-order valence-corrected chi connectivity index (χ4v) is 2.98. The monoisotopic (exact) mass is 258 g/mol. The van der Waals surface area contributed by atoms with E-state index in [9.17, 15) is 0 Å². The minimum atomic E-state index is 0.637. The zero-order chi connectivity index (χ0) is 13.7. The number of nitrogen functional groups attached to an aromatic ring is 2. The van der Waals surface area contributed by atoms with Gasteiger partial charge in [0.25, 0.3) is 0 Å². The lowest BCUT2D eigenvalue weighted by Crippen LogP contribution is -1.95. The van der Waals surface area contributed by atoms with E-state index in [2.05, 4.69) is 48.5 Å². The van der Waals surface area contributed by atoms with Crippen LogP contribution in [0.2, 0.25) is 0 Å². The van der Waals surface area contributed by atoms with Crippen molar-refractivity contribution in [3.63, 3.8) is 0 Å². The van der Waals surface area contributed by atoms with Crippen LogP contribution in [0.25, 0.3) is 32.3 Å². The van der Waals surface area contributed by atoms with Gasteiger partial charge in [-0.25, -0.2) is 0 Å². The smallest absolute Gasteiger partial charge is 0.0554 e. The molecule has 0 aliphatic rings. The van der Waals surface area contributed by atoms with Gasteiger partial charge in [-0.3, -0.25) is 0 Å². The van der Waals surface area contributed by atoms with Crippen molar-refractivity contribution in [3.8, 4) is 0 Å². The summed E-state index contributed by atoms with van der Waals surface area (Å²) < 4.78 is 0. The Labute approximate surface area is 116 Å². The molecule has 4 aromatic carbocycles. The number of hydrogen-bond donors (Lipinski definition) is 2. The van der Waals surface area contributed by atoms with E-state index in [0.29, 0.717) is 11.4 Å². The van der Waals surface area contributed by atoms with Crippen molar-refractivity contribution in [2.75, 3.05) is 11.5 Å². The first kappa shape index (κ1) is 11.1. The van der Waals surface area contributed by atoms with Gasteiger partial charge in [0, 0.05) is 0 Å². The van der Waals surface area contributed by atoms with Crippen molar-refractivity contribution < 1.29 is 0 Å². The van der Waals surface area contributed by atoms with Gasteiger partial charge in [-0.15, -0.1) is 0 Å². The molecular formula is C18H14N2. The molecule has 0 bridgehead atoms. The minimum Gasteiger partial charge on any atom is -0.397 e. The molecule has 0 saturated carbocycles. The predicted molar refractivity (Wildman–Crippen MR) is 87.8 cm³/mol. The van der Waals surface area contributed by atoms with Gasteiger partial charge in [-0.2, -0.15) is 0 Å². The first-order valence-corrected chi connectivity index (χ1v) is 6.64. The summed E-state index contributed by atoms with van der Waals surface area (Å²) in [5, 5.41) is 7.25. The fourth-order valence-electron chi connectivity index (χ4n) is 2.98. The zero-order valence-corrected chi connectivity index (χ0v) is 10.9. The summed E-state index contributed by atoms with van der Waals surface area (Å²) in [6, 6.07) is 20.8. The standard InChI is InChI=1S/C18H14N2/c19-17-9-15-13-7-3-1-5-11(13)12-6-2-4-8-14(12)16(15)10-18(17)20/h1-10H,19-20H2. The van der Waals surface area contributed by atoms with Crippen LogP contribution in [-0.2, 0) is 0 Å². The van der Waals surface area contributed by atoms with Crippen LogP contribution >= 0.6 is 0 Å². The van der Waals surface area contributed by atoms with E-state index in [0.717, 1.165) is 10.8 Å². The zero-order valence-electron chi connectivity index (χ0n) is 10.9. The molecule has 0 saturated heterocycles. The largest absolute Gasteiger partial charge is 0.397 e. The van der Waals surface area contributed by atoms with Gasteiger partial charge in [0.05, 0.1) is 11.4 Å². The van der Waals surface area contributed by atoms with E-state index in [1.165, 1.54) is 21.5 Å². The molecule has 4 aromatic rings. The lowest BCUT2D eigenvalue weighted by molar-refractivity contribution is 1.72. The highest BCUT2D eigenvalue weighted by Crippen LogP contribution is 2.37. The molecule has 0 amide bonds. The second-order valence-corrected chi connectivity index (χ2v) is 5.12. The van der Waals surface area contributed by atoms with Gasteiger partial charge >= 0.3 is 0 Å². The highest BCUT2D eigenvalue weighted by Gasteiger charge is 2.09. The lowest BCUT2D eigenvalue weighted by Gasteiger charge is -2.12. The number of fused-ring (bicyclic) bond motifs is 6. The van der Waals surface area contributed by atoms with E-state index >= 15 is 0 Å². The molecule has 4 rings (SSSR count). The molecule has 4 N–H and O–H groups in total. The minimum absolute atomic E-state index is 0.637. The topological polar surface area (TPSA) is 52.0 Å². The summed E-state index contributed by atoms with van der Waals surface area (Å²) in [6.07, 6.45) is 0. The molecule has 2 heteroatoms. The molecule has 0 aliphatic heterocycles. The summed E-state index contributed by atoms with van der Waals surface area (Å²) in [7, 11) is 0. The molecule has 96 valence electrons. The quantitative estimate of drug-likeness (QED) is 0.365. The average molecular weight is 258 g/mol. The number of rotatable bonds is 0. The average Bonchev–Trinajstić information content (AvgIpc) is 2.49. The van der Waals surface area contributed by atoms with E-state index in [4.69, 9.17) is 11.5 Å². The number of anilines is 2. The van der Waals surface area contributed by atoms with Gasteiger partial charge in [0.15, 0.2) is 0 Å². The van der Waals surface area contributed by atoms with Crippen LogP contribution in [0.15, 0.2) is 60.7 Å². The van der Waals surface area contributed by atoms with Crippen molar-refractivity contribution in [3.05, 3.63) is 60.7 Å². The van der Waals surface area contributed by atoms with Crippen molar-refractivity contribution in [2.24, 2.45) is 0 Å². The third-order valence-electron chi connectivity index (χ3n) is 3.95. The molecule has 0 heterocycles. The molecule has 0 radical (unpaired) electrons. The van der Waals surface area contributed by atoms with Crippen LogP contribution in [0.5, 0.6) is 0 Å². The Morgan fingerprint density at radius 2 is 0.750 bits per heavy atom.